The van der Waals surface area contributed by atoms with Crippen LogP contribution < -0.4 is 9.46 Å². The molecular formula is C27H25ClN4O4S. The Morgan fingerprint density at radius 2 is 1.78 bits per heavy atom. The van der Waals surface area contributed by atoms with Crippen LogP contribution in [-0.2, 0) is 15.6 Å². The van der Waals surface area contributed by atoms with Gasteiger partial charge in [-0.05, 0) is 66.6 Å². The molecule has 1 atom stereocenters. The maximum Gasteiger partial charge on any atom is 0.258 e. The second kappa shape index (κ2) is 9.57. The molecule has 8 nitrogen and oxygen atoms in total. The van der Waals surface area contributed by atoms with Gasteiger partial charge in [-0.25, -0.2) is 8.42 Å². The summed E-state index contributed by atoms with van der Waals surface area (Å²) in [5.74, 6) is 1.56. The van der Waals surface area contributed by atoms with Gasteiger partial charge >= 0.3 is 0 Å². The molecule has 5 aromatic rings. The molecule has 3 aromatic carbocycles. The fraction of sp³-hybridized carbons (Fsp3) is 0.185. The topological polar surface area (TPSA) is 99.2 Å². The Morgan fingerprint density at radius 3 is 2.43 bits per heavy atom. The molecule has 0 aliphatic carbocycles. The Bertz CT molecular complexity index is 1660. The van der Waals surface area contributed by atoms with E-state index < -0.39 is 15.6 Å². The molecule has 0 bridgehead atoms. The van der Waals surface area contributed by atoms with Gasteiger partial charge in [0.05, 0.1) is 24.6 Å². The molecule has 0 spiro atoms. The number of halogens is 1. The first-order chi connectivity index (χ1) is 17.7. The van der Waals surface area contributed by atoms with Crippen LogP contribution in [0.2, 0.25) is 5.02 Å². The molecule has 1 unspecified atom stereocenters. The summed E-state index contributed by atoms with van der Waals surface area (Å²) in [5.41, 5.74) is 2.09. The molecule has 0 aliphatic heterocycles. The number of hydrogen-bond donors (Lipinski definition) is 1. The average Bonchev–Trinajstić information content (AvgIpc) is 3.55. The lowest BCUT2D eigenvalue weighted by Crippen LogP contribution is -2.36. The number of fused-ring (bicyclic) bond motifs is 1. The van der Waals surface area contributed by atoms with Crippen LogP contribution in [0.15, 0.2) is 83.5 Å². The summed E-state index contributed by atoms with van der Waals surface area (Å²) >= 11 is 6.23. The fourth-order valence-electron chi connectivity index (χ4n) is 4.67. The summed E-state index contributed by atoms with van der Waals surface area (Å²) in [6.07, 6.45) is 3.62. The summed E-state index contributed by atoms with van der Waals surface area (Å²) in [4.78, 5) is 4.84. The van der Waals surface area contributed by atoms with Crippen LogP contribution >= 0.6 is 11.6 Å². The van der Waals surface area contributed by atoms with Crippen molar-refractivity contribution in [2.24, 2.45) is 0 Å². The Labute approximate surface area is 219 Å². The van der Waals surface area contributed by atoms with Crippen molar-refractivity contribution >= 4 is 38.2 Å². The minimum absolute atomic E-state index is 0.375. The highest BCUT2D eigenvalue weighted by molar-refractivity contribution is 7.92. The number of methoxy groups -OCH3 is 1. The van der Waals surface area contributed by atoms with E-state index in [1.807, 2.05) is 79.9 Å². The first-order valence-electron chi connectivity index (χ1n) is 11.6. The number of anilines is 1. The predicted molar refractivity (Wildman–Crippen MR) is 145 cm³/mol. The molecule has 0 saturated heterocycles. The summed E-state index contributed by atoms with van der Waals surface area (Å²) in [6.45, 7) is 2.04. The second-order valence-electron chi connectivity index (χ2n) is 8.67. The van der Waals surface area contributed by atoms with E-state index in [0.29, 0.717) is 28.8 Å². The van der Waals surface area contributed by atoms with Crippen LogP contribution in [0.4, 0.5) is 5.69 Å². The van der Waals surface area contributed by atoms with E-state index in [1.165, 1.54) is 0 Å². The normalized spacial score (nSPS) is 13.4. The van der Waals surface area contributed by atoms with Gasteiger partial charge in [0.1, 0.15) is 11.3 Å². The number of hydrogen-bond acceptors (Lipinski definition) is 6. The molecule has 2 heterocycles. The van der Waals surface area contributed by atoms with Crippen LogP contribution in [0.25, 0.3) is 22.4 Å². The lowest BCUT2D eigenvalue weighted by Gasteiger charge is -2.33. The Kier molecular flexibility index (Phi) is 6.43. The van der Waals surface area contributed by atoms with E-state index in [9.17, 15) is 8.42 Å². The van der Waals surface area contributed by atoms with Crippen molar-refractivity contribution in [3.05, 3.63) is 95.4 Å². The highest BCUT2D eigenvalue weighted by Gasteiger charge is 2.40. The third-order valence-electron chi connectivity index (χ3n) is 6.41. The van der Waals surface area contributed by atoms with Gasteiger partial charge in [-0.2, -0.15) is 4.98 Å². The lowest BCUT2D eigenvalue weighted by molar-refractivity contribution is 0.360. The zero-order chi connectivity index (χ0) is 26.2. The number of nitrogens with zero attached hydrogens (tertiary/aromatic N) is 3. The Hall–Kier alpha value is -3.82. The number of rotatable bonds is 8. The van der Waals surface area contributed by atoms with Crippen LogP contribution in [0, 0.1) is 0 Å². The van der Waals surface area contributed by atoms with E-state index >= 15 is 0 Å². The average molecular weight is 537 g/mol. The van der Waals surface area contributed by atoms with Gasteiger partial charge in [0.2, 0.25) is 15.8 Å². The molecule has 0 fully saturated rings. The molecule has 0 amide bonds. The molecule has 10 heteroatoms. The quantitative estimate of drug-likeness (QED) is 0.264. The third kappa shape index (κ3) is 4.56. The van der Waals surface area contributed by atoms with Crippen molar-refractivity contribution in [3.8, 4) is 17.2 Å². The van der Waals surface area contributed by atoms with E-state index in [-0.39, 0.29) is 0 Å². The van der Waals surface area contributed by atoms with Crippen molar-refractivity contribution in [1.82, 2.24) is 14.7 Å². The predicted octanol–water partition coefficient (Wildman–Crippen LogP) is 5.93. The minimum Gasteiger partial charge on any atom is -0.497 e. The second-order valence-corrected chi connectivity index (χ2v) is 10.9. The first kappa shape index (κ1) is 24.9. The van der Waals surface area contributed by atoms with E-state index in [2.05, 4.69) is 14.4 Å². The molecular weight excluding hydrogens is 512 g/mol. The standard InChI is InChI=1S/C27H25ClN4O4S/c1-4-27(19-10-12-20(28)13-11-19,26-29-25(36-30-26)18-8-14-21(35-2)15-9-18)32-17-16-22-23(31-37(3,33)34)6-5-7-24(22)32/h5-17,31H,4H2,1-3H3. The Balaban J connectivity index is 1.72. The van der Waals surface area contributed by atoms with Crippen LogP contribution in [-0.4, -0.2) is 36.5 Å². The monoisotopic (exact) mass is 536 g/mol. The fourth-order valence-corrected chi connectivity index (χ4v) is 5.37. The SMILES string of the molecule is CCC(c1ccc(Cl)cc1)(c1noc(-c2ccc(OC)cc2)n1)n1ccc2c(NS(C)(=O)=O)cccc21. The van der Waals surface area contributed by atoms with Gasteiger partial charge in [0.15, 0.2) is 0 Å². The van der Waals surface area contributed by atoms with Crippen LogP contribution in [0.1, 0.15) is 24.7 Å². The molecule has 190 valence electrons. The number of sulfonamides is 1. The van der Waals surface area contributed by atoms with Crippen LogP contribution in [0.5, 0.6) is 5.75 Å². The minimum atomic E-state index is -3.46. The maximum absolute atomic E-state index is 12.0. The summed E-state index contributed by atoms with van der Waals surface area (Å²) in [5, 5.41) is 5.80. The Morgan fingerprint density at radius 1 is 1.05 bits per heavy atom. The first-order valence-corrected chi connectivity index (χ1v) is 13.8. The van der Waals surface area contributed by atoms with Crippen molar-refractivity contribution in [2.75, 3.05) is 18.1 Å². The summed E-state index contributed by atoms with van der Waals surface area (Å²) < 4.78 is 39.6. The van der Waals surface area contributed by atoms with Crippen molar-refractivity contribution in [3.63, 3.8) is 0 Å². The number of aromatic nitrogens is 3. The molecule has 1 N–H and O–H groups in total. The molecule has 0 aliphatic rings. The maximum atomic E-state index is 12.0. The molecule has 0 radical (unpaired) electrons. The van der Waals surface area contributed by atoms with E-state index in [0.717, 1.165) is 34.0 Å². The number of nitrogens with one attached hydrogen (secondary N) is 1. The largest absolute Gasteiger partial charge is 0.497 e. The van der Waals surface area contributed by atoms with Crippen LogP contribution in [0.3, 0.4) is 0 Å². The highest BCUT2D eigenvalue weighted by Crippen LogP contribution is 2.41. The highest BCUT2D eigenvalue weighted by atomic mass is 35.5. The molecule has 2 aromatic heterocycles. The summed E-state index contributed by atoms with van der Waals surface area (Å²) in [6, 6.07) is 22.3. The lowest BCUT2D eigenvalue weighted by atomic mass is 9.85. The smallest absolute Gasteiger partial charge is 0.258 e. The zero-order valence-corrected chi connectivity index (χ0v) is 22.0. The van der Waals surface area contributed by atoms with Crippen molar-refractivity contribution in [2.45, 2.75) is 18.9 Å². The number of ether oxygens (including phenoxy) is 1. The molecule has 0 saturated carbocycles. The molecule has 5 rings (SSSR count). The summed E-state index contributed by atoms with van der Waals surface area (Å²) in [7, 11) is -1.85. The molecule has 37 heavy (non-hydrogen) atoms. The van der Waals surface area contributed by atoms with Gasteiger partial charge in [0.25, 0.3) is 5.89 Å². The van der Waals surface area contributed by atoms with E-state index in [1.54, 1.807) is 13.2 Å². The van der Waals surface area contributed by atoms with Gasteiger partial charge in [-0.3, -0.25) is 4.72 Å². The third-order valence-corrected chi connectivity index (χ3v) is 7.25. The number of benzene rings is 3. The van der Waals surface area contributed by atoms with Gasteiger partial charge < -0.3 is 13.8 Å². The van der Waals surface area contributed by atoms with Gasteiger partial charge in [-0.1, -0.05) is 41.9 Å². The van der Waals surface area contributed by atoms with E-state index in [4.69, 9.17) is 25.8 Å². The van der Waals surface area contributed by atoms with Gasteiger partial charge in [-0.15, -0.1) is 0 Å². The zero-order valence-electron chi connectivity index (χ0n) is 20.5. The van der Waals surface area contributed by atoms with Gasteiger partial charge in [0, 0.05) is 22.2 Å². The van der Waals surface area contributed by atoms with Crippen molar-refractivity contribution in [1.29, 1.82) is 0 Å². The van der Waals surface area contributed by atoms with Crippen molar-refractivity contribution < 1.29 is 17.7 Å².